The Hall–Kier alpha value is -2.67. The SMILES string of the molecule is CCOP(CC(=O)Nc1c(C(=O)c2ccccc2)n(C)c2ccc(C(F)F)cc12)OCC. The van der Waals surface area contributed by atoms with Gasteiger partial charge in [0.05, 0.1) is 30.6 Å². The van der Waals surface area contributed by atoms with E-state index in [1.165, 1.54) is 18.2 Å². The van der Waals surface area contributed by atoms with Gasteiger partial charge < -0.3 is 18.9 Å². The number of alkyl halides is 2. The first kappa shape index (κ1) is 24.0. The third kappa shape index (κ3) is 5.21. The van der Waals surface area contributed by atoms with Gasteiger partial charge in [0.15, 0.2) is 8.38 Å². The summed E-state index contributed by atoms with van der Waals surface area (Å²) in [6, 6.07) is 12.8. The van der Waals surface area contributed by atoms with Crippen LogP contribution in [-0.4, -0.2) is 35.6 Å². The summed E-state index contributed by atoms with van der Waals surface area (Å²) in [6.07, 6.45) is -2.72. The molecule has 0 unspecified atom stereocenters. The van der Waals surface area contributed by atoms with Gasteiger partial charge in [-0.3, -0.25) is 9.59 Å². The first-order valence-electron chi connectivity index (χ1n) is 10.2. The summed E-state index contributed by atoms with van der Waals surface area (Å²) in [5.74, 6) is -0.745. The minimum atomic E-state index is -2.68. The first-order chi connectivity index (χ1) is 15.4. The van der Waals surface area contributed by atoms with E-state index in [1.807, 2.05) is 0 Å². The Labute approximate surface area is 186 Å². The first-order valence-corrected chi connectivity index (χ1v) is 11.6. The number of halogens is 2. The van der Waals surface area contributed by atoms with Gasteiger partial charge in [-0.15, -0.1) is 0 Å². The van der Waals surface area contributed by atoms with E-state index in [-0.39, 0.29) is 28.9 Å². The number of fused-ring (bicyclic) bond motifs is 1. The van der Waals surface area contributed by atoms with Crippen LogP contribution in [0, 0.1) is 0 Å². The fourth-order valence-corrected chi connectivity index (χ4v) is 4.58. The van der Waals surface area contributed by atoms with Gasteiger partial charge in [0.1, 0.15) is 5.69 Å². The summed E-state index contributed by atoms with van der Waals surface area (Å²) in [4.78, 5) is 26.2. The molecule has 0 radical (unpaired) electrons. The molecule has 3 aromatic rings. The molecule has 170 valence electrons. The Morgan fingerprint density at radius 2 is 1.72 bits per heavy atom. The Morgan fingerprint density at radius 3 is 2.31 bits per heavy atom. The number of ketones is 1. The maximum atomic E-state index is 13.4. The van der Waals surface area contributed by atoms with Crippen LogP contribution in [0.4, 0.5) is 14.5 Å². The van der Waals surface area contributed by atoms with Crippen LogP contribution in [0.25, 0.3) is 10.9 Å². The van der Waals surface area contributed by atoms with Gasteiger partial charge in [0.25, 0.3) is 6.43 Å². The van der Waals surface area contributed by atoms with Crippen molar-refractivity contribution in [2.45, 2.75) is 20.3 Å². The van der Waals surface area contributed by atoms with E-state index >= 15 is 0 Å². The third-order valence-corrected chi connectivity index (χ3v) is 6.45. The highest BCUT2D eigenvalue weighted by Gasteiger charge is 2.26. The van der Waals surface area contributed by atoms with Crippen molar-refractivity contribution in [1.29, 1.82) is 0 Å². The number of rotatable bonds is 10. The normalized spacial score (nSPS) is 11.5. The molecular formula is C23H25F2N2O4P. The molecule has 0 fully saturated rings. The van der Waals surface area contributed by atoms with Crippen LogP contribution in [-0.2, 0) is 20.9 Å². The fraction of sp³-hybridized carbons (Fsp3) is 0.304. The summed E-state index contributed by atoms with van der Waals surface area (Å²) in [6.45, 7) is 4.39. The highest BCUT2D eigenvalue weighted by atomic mass is 31.2. The lowest BCUT2D eigenvalue weighted by atomic mass is 10.1. The maximum Gasteiger partial charge on any atom is 0.263 e. The highest BCUT2D eigenvalue weighted by Crippen LogP contribution is 2.39. The van der Waals surface area contributed by atoms with Crippen molar-refractivity contribution < 1.29 is 27.4 Å². The molecule has 1 aromatic heterocycles. The molecule has 0 atom stereocenters. The molecule has 1 heterocycles. The van der Waals surface area contributed by atoms with Crippen molar-refractivity contribution >= 4 is 36.7 Å². The smallest absolute Gasteiger partial charge is 0.263 e. The third-order valence-electron chi connectivity index (χ3n) is 4.81. The van der Waals surface area contributed by atoms with Gasteiger partial charge in [-0.1, -0.05) is 36.4 Å². The summed E-state index contributed by atoms with van der Waals surface area (Å²) in [5, 5.41) is 3.14. The van der Waals surface area contributed by atoms with E-state index in [9.17, 15) is 18.4 Å². The predicted octanol–water partition coefficient (Wildman–Crippen LogP) is 5.67. The second kappa shape index (κ2) is 10.8. The molecule has 0 bridgehead atoms. The lowest BCUT2D eigenvalue weighted by molar-refractivity contribution is -0.114. The van der Waals surface area contributed by atoms with E-state index in [0.717, 1.165) is 0 Å². The summed E-state index contributed by atoms with van der Waals surface area (Å²) < 4.78 is 39.3. The zero-order chi connectivity index (χ0) is 23.3. The van der Waals surface area contributed by atoms with Crippen molar-refractivity contribution in [2.75, 3.05) is 24.7 Å². The topological polar surface area (TPSA) is 69.6 Å². The second-order valence-corrected chi connectivity index (χ2v) is 8.43. The zero-order valence-corrected chi connectivity index (χ0v) is 19.0. The van der Waals surface area contributed by atoms with Crippen molar-refractivity contribution in [3.8, 4) is 0 Å². The second-order valence-electron chi connectivity index (χ2n) is 6.93. The number of aromatic nitrogens is 1. The van der Waals surface area contributed by atoms with E-state index < -0.39 is 20.7 Å². The number of carbonyl (C=O) groups is 2. The Kier molecular flexibility index (Phi) is 8.07. The molecule has 32 heavy (non-hydrogen) atoms. The van der Waals surface area contributed by atoms with Gasteiger partial charge in [-0.25, -0.2) is 8.78 Å². The standard InChI is InChI=1S/C23H25F2N2O4P/c1-4-30-32(31-5-2)14-19(28)26-20-17-13-16(23(24)25)11-12-18(17)27(3)21(20)22(29)15-9-7-6-8-10-15/h6-13,23H,4-5,14H2,1-3H3,(H,26,28). The summed E-state index contributed by atoms with van der Waals surface area (Å²) in [5.41, 5.74) is 1.20. The molecule has 1 N–H and O–H groups in total. The van der Waals surface area contributed by atoms with E-state index in [1.54, 1.807) is 55.8 Å². The van der Waals surface area contributed by atoms with Gasteiger partial charge in [0, 0.05) is 23.6 Å². The van der Waals surface area contributed by atoms with Crippen LogP contribution in [0.3, 0.4) is 0 Å². The average Bonchev–Trinajstić information content (AvgIpc) is 3.05. The number of hydrogen-bond acceptors (Lipinski definition) is 4. The molecule has 9 heteroatoms. The van der Waals surface area contributed by atoms with Crippen molar-refractivity contribution in [3.63, 3.8) is 0 Å². The minimum absolute atomic E-state index is 0.0408. The van der Waals surface area contributed by atoms with Crippen LogP contribution in [0.5, 0.6) is 0 Å². The zero-order valence-electron chi connectivity index (χ0n) is 18.1. The number of amides is 1. The minimum Gasteiger partial charge on any atom is -0.339 e. The number of hydrogen-bond donors (Lipinski definition) is 1. The molecule has 0 spiro atoms. The highest BCUT2D eigenvalue weighted by molar-refractivity contribution is 7.48. The average molecular weight is 462 g/mol. The van der Waals surface area contributed by atoms with Crippen LogP contribution in [0.2, 0.25) is 0 Å². The predicted molar refractivity (Wildman–Crippen MR) is 121 cm³/mol. The molecule has 0 aliphatic carbocycles. The molecular weight excluding hydrogens is 437 g/mol. The van der Waals surface area contributed by atoms with Crippen molar-refractivity contribution in [1.82, 2.24) is 4.57 Å². The van der Waals surface area contributed by atoms with Gasteiger partial charge in [-0.05, 0) is 26.0 Å². The quantitative estimate of drug-likeness (QED) is 0.311. The van der Waals surface area contributed by atoms with E-state index in [0.29, 0.717) is 29.7 Å². The molecule has 0 saturated carbocycles. The maximum absolute atomic E-state index is 13.4. The largest absolute Gasteiger partial charge is 0.339 e. The summed E-state index contributed by atoms with van der Waals surface area (Å²) >= 11 is 0. The van der Waals surface area contributed by atoms with Crippen LogP contribution in [0.15, 0.2) is 48.5 Å². The molecule has 6 nitrogen and oxygen atoms in total. The summed E-state index contributed by atoms with van der Waals surface area (Å²) in [7, 11) is 0.228. The number of carbonyl (C=O) groups excluding carboxylic acids is 2. The monoisotopic (exact) mass is 462 g/mol. The molecule has 1 amide bonds. The number of anilines is 1. The van der Waals surface area contributed by atoms with Crippen LogP contribution < -0.4 is 5.32 Å². The van der Waals surface area contributed by atoms with Gasteiger partial charge in [0.2, 0.25) is 11.7 Å². The number of aryl methyl sites for hydroxylation is 1. The number of nitrogens with one attached hydrogen (secondary N) is 1. The number of nitrogens with zero attached hydrogens (tertiary/aromatic N) is 1. The lowest BCUT2D eigenvalue weighted by Gasteiger charge is -2.15. The molecule has 0 aliphatic rings. The Bertz CT molecular complexity index is 1100. The molecule has 0 saturated heterocycles. The van der Waals surface area contributed by atoms with Crippen LogP contribution >= 0.6 is 8.38 Å². The molecule has 3 rings (SSSR count). The number of benzene rings is 2. The Balaban J connectivity index is 2.07. The van der Waals surface area contributed by atoms with Crippen molar-refractivity contribution in [3.05, 3.63) is 65.4 Å². The lowest BCUT2D eigenvalue weighted by Crippen LogP contribution is -2.19. The van der Waals surface area contributed by atoms with Gasteiger partial charge >= 0.3 is 0 Å². The van der Waals surface area contributed by atoms with E-state index in [2.05, 4.69) is 5.32 Å². The van der Waals surface area contributed by atoms with E-state index in [4.69, 9.17) is 9.05 Å². The molecule has 0 aliphatic heterocycles. The van der Waals surface area contributed by atoms with Crippen molar-refractivity contribution in [2.24, 2.45) is 7.05 Å². The molecule has 2 aromatic carbocycles. The fourth-order valence-electron chi connectivity index (χ4n) is 3.43. The van der Waals surface area contributed by atoms with Crippen LogP contribution in [0.1, 0.15) is 41.9 Å². The van der Waals surface area contributed by atoms with Gasteiger partial charge in [-0.2, -0.15) is 0 Å². The Morgan fingerprint density at radius 1 is 1.06 bits per heavy atom.